The van der Waals surface area contributed by atoms with Crippen LogP contribution < -0.4 is 0 Å². The molecule has 0 amide bonds. The first-order chi connectivity index (χ1) is 7.50. The molecule has 0 N–H and O–H groups in total. The Kier molecular flexibility index (Phi) is 8.72. The zero-order chi connectivity index (χ0) is 14.0. The summed E-state index contributed by atoms with van der Waals surface area (Å²) >= 11 is 4.58. The molecular formula is C11H18Cl4SiTi+. The molecule has 1 saturated carbocycles. The van der Waals surface area contributed by atoms with Crippen LogP contribution in [0.15, 0.2) is 0 Å². The minimum atomic E-state index is -1.92. The molecule has 1 aliphatic rings. The van der Waals surface area contributed by atoms with E-state index in [1.807, 2.05) is 0 Å². The fraction of sp³-hybridized carbons (Fsp3) is 0.545. The average Bonchev–Trinajstić information content (AvgIpc) is 2.28. The van der Waals surface area contributed by atoms with E-state index >= 15 is 0 Å². The van der Waals surface area contributed by atoms with Crippen molar-refractivity contribution in [3.8, 4) is 0 Å². The van der Waals surface area contributed by atoms with Gasteiger partial charge in [-0.25, -0.2) is 0 Å². The standard InChI is InChI=1S/C11H18ClSi.3ClH.Ti/c1-7-8(2)10(4)11(9(7)3)13(5,6)12;;;;/h1-6H3;3*1H;/q;;;;+4/p-3. The van der Waals surface area contributed by atoms with Gasteiger partial charge in [-0.15, -0.1) is 0 Å². The van der Waals surface area contributed by atoms with E-state index in [1.165, 1.54) is 29.2 Å². The number of hydrogen-bond acceptors (Lipinski definition) is 0. The third kappa shape index (κ3) is 5.94. The first-order valence-electron chi connectivity index (χ1n) is 5.26. The van der Waals surface area contributed by atoms with Gasteiger partial charge >= 0.3 is 42.6 Å². The Bertz CT molecular complexity index is 215. The predicted molar refractivity (Wildman–Crippen MR) is 79.8 cm³/mol. The monoisotopic (exact) mass is 366 g/mol. The molecular weight excluding hydrogens is 350 g/mol. The van der Waals surface area contributed by atoms with E-state index in [2.05, 4.69) is 40.8 Å². The number of rotatable bonds is 1. The summed E-state index contributed by atoms with van der Waals surface area (Å²) in [6.45, 7) is 13.2. The van der Waals surface area contributed by atoms with Gasteiger partial charge in [0.25, 0.3) is 0 Å². The van der Waals surface area contributed by atoms with Crippen LogP contribution in [0.2, 0.25) is 13.1 Å². The van der Waals surface area contributed by atoms with E-state index in [0.717, 1.165) is 0 Å². The second-order valence-electron chi connectivity index (χ2n) is 4.56. The van der Waals surface area contributed by atoms with Gasteiger partial charge in [0.15, 0.2) is 7.38 Å². The van der Waals surface area contributed by atoms with E-state index in [4.69, 9.17) is 39.0 Å². The molecule has 0 bridgehead atoms. The van der Waals surface area contributed by atoms with Gasteiger partial charge in [0.05, 0.1) is 0 Å². The third-order valence-electron chi connectivity index (χ3n) is 3.03. The summed E-state index contributed by atoms with van der Waals surface area (Å²) in [5.74, 6) is 5.69. The van der Waals surface area contributed by atoms with Crippen molar-refractivity contribution in [1.29, 1.82) is 0 Å². The van der Waals surface area contributed by atoms with Crippen LogP contribution in [-0.4, -0.2) is 7.38 Å². The maximum absolute atomic E-state index is 6.49. The van der Waals surface area contributed by atoms with E-state index in [1.54, 1.807) is 0 Å². The molecule has 0 aliphatic heterocycles. The fourth-order valence-corrected chi connectivity index (χ4v) is 5.12. The molecule has 0 atom stereocenters. The maximum atomic E-state index is 6.49. The Morgan fingerprint density at radius 1 is 0.765 bits per heavy atom. The first-order valence-corrected chi connectivity index (χ1v) is 15.7. The molecule has 0 nitrogen and oxygen atoms in total. The van der Waals surface area contributed by atoms with Gasteiger partial charge in [-0.3, -0.25) is 0 Å². The summed E-state index contributed by atoms with van der Waals surface area (Å²) in [6.07, 6.45) is 0. The molecule has 1 rings (SSSR count). The zero-order valence-electron chi connectivity index (χ0n) is 11.0. The SMILES string of the molecule is C[C]1[C](C)[C](C)[C]([Si](C)(C)Cl)[C]1C.[Cl][Ti+]([Cl])[Cl]. The summed E-state index contributed by atoms with van der Waals surface area (Å²) in [5.41, 5.74) is 1.45. The van der Waals surface area contributed by atoms with E-state index < -0.39 is 22.1 Å². The van der Waals surface area contributed by atoms with Crippen molar-refractivity contribution < 1.29 is 14.7 Å². The van der Waals surface area contributed by atoms with Crippen LogP contribution in [0.1, 0.15) is 27.7 Å². The van der Waals surface area contributed by atoms with Crippen molar-refractivity contribution in [2.45, 2.75) is 40.8 Å². The van der Waals surface area contributed by atoms with Crippen molar-refractivity contribution in [3.63, 3.8) is 0 Å². The molecule has 0 saturated heterocycles. The molecule has 6 heteroatoms. The first kappa shape index (κ1) is 19.1. The van der Waals surface area contributed by atoms with Crippen molar-refractivity contribution in [1.82, 2.24) is 0 Å². The summed E-state index contributed by atoms with van der Waals surface area (Å²) in [7, 11) is 13.3. The Morgan fingerprint density at radius 2 is 1.00 bits per heavy atom. The third-order valence-corrected chi connectivity index (χ3v) is 5.54. The molecule has 0 aromatic rings. The summed E-state index contributed by atoms with van der Waals surface area (Å²) in [5, 5.41) is 0. The Morgan fingerprint density at radius 3 is 1.12 bits per heavy atom. The van der Waals surface area contributed by atoms with Crippen molar-refractivity contribution in [2.75, 3.05) is 0 Å². The molecule has 0 spiro atoms. The fourth-order valence-electron chi connectivity index (χ4n) is 2.11. The minimum absolute atomic E-state index is 1.42. The normalized spacial score (nSPS) is 21.5. The topological polar surface area (TPSA) is 0 Å². The molecule has 1 fully saturated rings. The summed E-state index contributed by atoms with van der Waals surface area (Å²) < 4.78 is 0. The molecule has 0 unspecified atom stereocenters. The van der Waals surface area contributed by atoms with Gasteiger partial charge in [-0.1, -0.05) is 40.8 Å². The quantitative estimate of drug-likeness (QED) is 0.393. The van der Waals surface area contributed by atoms with Crippen LogP contribution in [0.3, 0.4) is 0 Å². The Balaban J connectivity index is 0.000000557. The molecule has 5 radical (unpaired) electrons. The van der Waals surface area contributed by atoms with Crippen molar-refractivity contribution in [3.05, 3.63) is 29.2 Å². The Labute approximate surface area is 130 Å². The van der Waals surface area contributed by atoms with Crippen LogP contribution in [0, 0.1) is 29.2 Å². The van der Waals surface area contributed by atoms with E-state index in [-0.39, 0.29) is 0 Å². The Hall–Kier alpha value is 2.09. The van der Waals surface area contributed by atoms with Gasteiger partial charge in [-0.2, -0.15) is 11.1 Å². The van der Waals surface area contributed by atoms with Gasteiger partial charge in [0.2, 0.25) is 0 Å². The summed E-state index contributed by atoms with van der Waals surface area (Å²) in [6, 6.07) is 0. The summed E-state index contributed by atoms with van der Waals surface area (Å²) in [4.78, 5) is 0. The van der Waals surface area contributed by atoms with Crippen LogP contribution >= 0.6 is 39.0 Å². The predicted octanol–water partition coefficient (Wildman–Crippen LogP) is 6.00. The van der Waals surface area contributed by atoms with Gasteiger partial charge in [0.1, 0.15) is 0 Å². The zero-order valence-corrected chi connectivity index (χ0v) is 16.6. The van der Waals surface area contributed by atoms with Gasteiger partial charge < -0.3 is 0 Å². The molecule has 0 aromatic heterocycles. The van der Waals surface area contributed by atoms with Crippen LogP contribution in [0.4, 0.5) is 0 Å². The van der Waals surface area contributed by atoms with Crippen molar-refractivity contribution >= 4 is 46.4 Å². The van der Waals surface area contributed by atoms with E-state index in [9.17, 15) is 0 Å². The second-order valence-corrected chi connectivity index (χ2v) is 18.6. The molecule has 0 heterocycles. The van der Waals surface area contributed by atoms with Crippen LogP contribution in [0.25, 0.3) is 0 Å². The van der Waals surface area contributed by atoms with Gasteiger partial charge in [0, 0.05) is 0 Å². The molecule has 0 aromatic carbocycles. The molecule has 97 valence electrons. The number of halogens is 4. The van der Waals surface area contributed by atoms with Gasteiger partial charge in [-0.05, 0) is 29.2 Å². The number of hydrogen-bond donors (Lipinski definition) is 0. The van der Waals surface area contributed by atoms with Crippen LogP contribution in [-0.2, 0) is 14.7 Å². The average molecular weight is 368 g/mol. The van der Waals surface area contributed by atoms with E-state index in [0.29, 0.717) is 0 Å². The molecule has 17 heavy (non-hydrogen) atoms. The second kappa shape index (κ2) is 7.76. The molecule has 1 aliphatic carbocycles. The van der Waals surface area contributed by atoms with Crippen LogP contribution in [0.5, 0.6) is 0 Å². The van der Waals surface area contributed by atoms with Crippen molar-refractivity contribution in [2.24, 2.45) is 0 Å².